The second-order valence-electron chi connectivity index (χ2n) is 5.37. The number of carboxylic acid groups (broad SMARTS) is 1. The highest BCUT2D eigenvalue weighted by molar-refractivity contribution is 6.01. The summed E-state index contributed by atoms with van der Waals surface area (Å²) < 4.78 is 0. The lowest BCUT2D eigenvalue weighted by Gasteiger charge is -2.21. The molecule has 1 aromatic carbocycles. The van der Waals surface area contributed by atoms with Crippen LogP contribution in [-0.2, 0) is 4.79 Å². The lowest BCUT2D eigenvalue weighted by atomic mass is 9.87. The lowest BCUT2D eigenvalue weighted by molar-refractivity contribution is -0.117. The van der Waals surface area contributed by atoms with Gasteiger partial charge in [0.1, 0.15) is 0 Å². The van der Waals surface area contributed by atoms with E-state index in [-0.39, 0.29) is 17.2 Å². The number of rotatable bonds is 4. The molecule has 0 aliphatic heterocycles. The first-order chi connectivity index (χ1) is 9.56. The minimum atomic E-state index is -1.07. The van der Waals surface area contributed by atoms with Crippen LogP contribution >= 0.6 is 0 Å². The van der Waals surface area contributed by atoms with E-state index in [9.17, 15) is 9.59 Å². The molecule has 1 aliphatic rings. The molecule has 0 aromatic heterocycles. The molecule has 0 radical (unpaired) electrons. The van der Waals surface area contributed by atoms with Crippen LogP contribution in [0.3, 0.4) is 0 Å². The van der Waals surface area contributed by atoms with Crippen molar-refractivity contribution in [3.05, 3.63) is 23.8 Å². The Balaban J connectivity index is 2.03. The van der Waals surface area contributed by atoms with Crippen LogP contribution in [0.1, 0.15) is 48.9 Å². The van der Waals surface area contributed by atoms with Gasteiger partial charge < -0.3 is 16.2 Å². The van der Waals surface area contributed by atoms with E-state index in [1.165, 1.54) is 37.5 Å². The van der Waals surface area contributed by atoms with Crippen molar-refractivity contribution >= 4 is 23.3 Å². The highest BCUT2D eigenvalue weighted by Gasteiger charge is 2.18. The highest BCUT2D eigenvalue weighted by atomic mass is 16.4. The average Bonchev–Trinajstić information content (AvgIpc) is 2.39. The van der Waals surface area contributed by atoms with Crippen LogP contribution in [0.25, 0.3) is 0 Å². The fourth-order valence-corrected chi connectivity index (χ4v) is 2.71. The SMILES string of the molecule is Nc1ccc(C(=O)O)c(NC(=O)CC2CCCCC2)c1. The Labute approximate surface area is 118 Å². The summed E-state index contributed by atoms with van der Waals surface area (Å²) >= 11 is 0. The van der Waals surface area contributed by atoms with E-state index in [0.717, 1.165) is 12.8 Å². The standard InChI is InChI=1S/C15H20N2O3/c16-11-6-7-12(15(19)20)13(9-11)17-14(18)8-10-4-2-1-3-5-10/h6-7,9-10H,1-5,8,16H2,(H,17,18)(H,19,20). The summed E-state index contributed by atoms with van der Waals surface area (Å²) in [6.45, 7) is 0. The Morgan fingerprint density at radius 3 is 2.60 bits per heavy atom. The van der Waals surface area contributed by atoms with Crippen molar-refractivity contribution in [3.63, 3.8) is 0 Å². The quantitative estimate of drug-likeness (QED) is 0.737. The van der Waals surface area contributed by atoms with Crippen molar-refractivity contribution in [1.82, 2.24) is 0 Å². The maximum Gasteiger partial charge on any atom is 0.337 e. The molecule has 1 aromatic rings. The number of carbonyl (C=O) groups excluding carboxylic acids is 1. The third-order valence-electron chi connectivity index (χ3n) is 3.75. The molecule has 0 spiro atoms. The minimum absolute atomic E-state index is 0.0659. The number of carbonyl (C=O) groups is 2. The highest BCUT2D eigenvalue weighted by Crippen LogP contribution is 2.27. The molecule has 2 rings (SSSR count). The summed E-state index contributed by atoms with van der Waals surface area (Å²) in [5.74, 6) is -0.791. The van der Waals surface area contributed by atoms with E-state index in [1.54, 1.807) is 0 Å². The van der Waals surface area contributed by atoms with E-state index in [4.69, 9.17) is 10.8 Å². The van der Waals surface area contributed by atoms with Gasteiger partial charge in [0.15, 0.2) is 0 Å². The predicted molar refractivity (Wildman–Crippen MR) is 77.6 cm³/mol. The number of hydrogen-bond donors (Lipinski definition) is 3. The summed E-state index contributed by atoms with van der Waals surface area (Å²) in [4.78, 5) is 23.1. The van der Waals surface area contributed by atoms with Crippen molar-refractivity contribution in [1.29, 1.82) is 0 Å². The van der Waals surface area contributed by atoms with Crippen molar-refractivity contribution in [3.8, 4) is 0 Å². The van der Waals surface area contributed by atoms with Crippen LogP contribution in [0, 0.1) is 5.92 Å². The van der Waals surface area contributed by atoms with Gasteiger partial charge in [-0.1, -0.05) is 19.3 Å². The largest absolute Gasteiger partial charge is 0.478 e. The minimum Gasteiger partial charge on any atom is -0.478 e. The van der Waals surface area contributed by atoms with Gasteiger partial charge in [0.2, 0.25) is 5.91 Å². The molecule has 0 unspecified atom stereocenters. The lowest BCUT2D eigenvalue weighted by Crippen LogP contribution is -2.19. The van der Waals surface area contributed by atoms with Gasteiger partial charge in [0, 0.05) is 12.1 Å². The van der Waals surface area contributed by atoms with Crippen LogP contribution < -0.4 is 11.1 Å². The molecule has 0 bridgehead atoms. The molecule has 1 aliphatic carbocycles. The van der Waals surface area contributed by atoms with E-state index >= 15 is 0 Å². The zero-order chi connectivity index (χ0) is 14.5. The first-order valence-electron chi connectivity index (χ1n) is 6.99. The normalized spacial score (nSPS) is 15.8. The number of carboxylic acids is 1. The zero-order valence-corrected chi connectivity index (χ0v) is 11.4. The van der Waals surface area contributed by atoms with Crippen LogP contribution in [0.5, 0.6) is 0 Å². The Bertz CT molecular complexity index is 508. The van der Waals surface area contributed by atoms with Gasteiger partial charge in [-0.15, -0.1) is 0 Å². The van der Waals surface area contributed by atoms with Crippen molar-refractivity contribution in [2.24, 2.45) is 5.92 Å². The summed E-state index contributed by atoms with van der Waals surface area (Å²) in [5.41, 5.74) is 6.42. The Kier molecular flexibility index (Phi) is 4.61. The number of aromatic carboxylic acids is 1. The first kappa shape index (κ1) is 14.4. The van der Waals surface area contributed by atoms with E-state index in [1.807, 2.05) is 0 Å². The van der Waals surface area contributed by atoms with Crippen molar-refractivity contribution < 1.29 is 14.7 Å². The number of amides is 1. The van der Waals surface area contributed by atoms with E-state index in [0.29, 0.717) is 18.0 Å². The fraction of sp³-hybridized carbons (Fsp3) is 0.467. The van der Waals surface area contributed by atoms with E-state index < -0.39 is 5.97 Å². The average molecular weight is 276 g/mol. The van der Waals surface area contributed by atoms with Gasteiger partial charge in [0.25, 0.3) is 0 Å². The number of nitrogens with two attached hydrogens (primary N) is 1. The molecule has 1 saturated carbocycles. The molecule has 0 heterocycles. The molecule has 1 amide bonds. The Morgan fingerprint density at radius 2 is 1.95 bits per heavy atom. The predicted octanol–water partition coefficient (Wildman–Crippen LogP) is 2.88. The molecule has 1 fully saturated rings. The number of anilines is 2. The zero-order valence-electron chi connectivity index (χ0n) is 11.4. The summed E-state index contributed by atoms with van der Waals surface area (Å²) in [6, 6.07) is 4.41. The topological polar surface area (TPSA) is 92.4 Å². The molecule has 20 heavy (non-hydrogen) atoms. The monoisotopic (exact) mass is 276 g/mol. The molecular weight excluding hydrogens is 256 g/mol. The van der Waals surface area contributed by atoms with Gasteiger partial charge in [-0.3, -0.25) is 4.79 Å². The number of nitrogens with one attached hydrogen (secondary N) is 1. The van der Waals surface area contributed by atoms with Gasteiger partial charge >= 0.3 is 5.97 Å². The third kappa shape index (κ3) is 3.73. The summed E-state index contributed by atoms with van der Waals surface area (Å²) in [7, 11) is 0. The Morgan fingerprint density at radius 1 is 1.25 bits per heavy atom. The van der Waals surface area contributed by atoms with Gasteiger partial charge in [-0.25, -0.2) is 4.79 Å². The molecule has 5 nitrogen and oxygen atoms in total. The third-order valence-corrected chi connectivity index (χ3v) is 3.75. The van der Waals surface area contributed by atoms with Gasteiger partial charge in [-0.05, 0) is 37.0 Å². The maximum atomic E-state index is 12.0. The van der Waals surface area contributed by atoms with Crippen LogP contribution in [-0.4, -0.2) is 17.0 Å². The van der Waals surface area contributed by atoms with E-state index in [2.05, 4.69) is 5.32 Å². The van der Waals surface area contributed by atoms with Crippen LogP contribution in [0.15, 0.2) is 18.2 Å². The molecule has 0 atom stereocenters. The number of hydrogen-bond acceptors (Lipinski definition) is 3. The smallest absolute Gasteiger partial charge is 0.337 e. The molecule has 108 valence electrons. The Hall–Kier alpha value is -2.04. The molecule has 4 N–H and O–H groups in total. The molecule has 5 heteroatoms. The van der Waals surface area contributed by atoms with Crippen LogP contribution in [0.2, 0.25) is 0 Å². The summed E-state index contributed by atoms with van der Waals surface area (Å²) in [6.07, 6.45) is 6.21. The van der Waals surface area contributed by atoms with Gasteiger partial charge in [-0.2, -0.15) is 0 Å². The number of nitrogen functional groups attached to an aromatic ring is 1. The summed E-state index contributed by atoms with van der Waals surface area (Å²) in [5, 5.41) is 11.8. The van der Waals surface area contributed by atoms with Gasteiger partial charge in [0.05, 0.1) is 11.3 Å². The van der Waals surface area contributed by atoms with Crippen molar-refractivity contribution in [2.75, 3.05) is 11.1 Å². The first-order valence-corrected chi connectivity index (χ1v) is 6.99. The second kappa shape index (κ2) is 6.41. The van der Waals surface area contributed by atoms with Crippen LogP contribution in [0.4, 0.5) is 11.4 Å². The molecule has 0 saturated heterocycles. The molecular formula is C15H20N2O3. The second-order valence-corrected chi connectivity index (χ2v) is 5.37. The number of benzene rings is 1. The fourth-order valence-electron chi connectivity index (χ4n) is 2.71. The maximum absolute atomic E-state index is 12.0. The van der Waals surface area contributed by atoms with Crippen molar-refractivity contribution in [2.45, 2.75) is 38.5 Å².